The van der Waals surface area contributed by atoms with Gasteiger partial charge in [-0.25, -0.2) is 4.79 Å². The van der Waals surface area contributed by atoms with Gasteiger partial charge in [0.1, 0.15) is 11.5 Å². The van der Waals surface area contributed by atoms with E-state index in [4.69, 9.17) is 14.2 Å². The van der Waals surface area contributed by atoms with E-state index < -0.39 is 5.97 Å². The summed E-state index contributed by atoms with van der Waals surface area (Å²) in [6.45, 7) is 1.71. The number of hydrogen-bond acceptors (Lipinski definition) is 5. The van der Waals surface area contributed by atoms with Crippen LogP contribution in [-0.4, -0.2) is 32.7 Å². The third-order valence-electron chi connectivity index (χ3n) is 4.30. The van der Waals surface area contributed by atoms with Gasteiger partial charge in [0.15, 0.2) is 6.61 Å². The van der Waals surface area contributed by atoms with Gasteiger partial charge in [-0.1, -0.05) is 43.7 Å². The monoisotopic (exact) mass is 397 g/mol. The normalized spacial score (nSPS) is 11.7. The van der Waals surface area contributed by atoms with E-state index in [0.717, 1.165) is 18.4 Å². The summed E-state index contributed by atoms with van der Waals surface area (Å²) in [5.41, 5.74) is 1.69. The van der Waals surface area contributed by atoms with E-state index in [1.807, 2.05) is 30.3 Å². The van der Waals surface area contributed by atoms with Gasteiger partial charge in [-0.05, 0) is 36.3 Å². The summed E-state index contributed by atoms with van der Waals surface area (Å²) in [5.74, 6) is 0.281. The molecule has 0 radical (unpaired) electrons. The number of hydrogen-bond donors (Lipinski definition) is 1. The summed E-state index contributed by atoms with van der Waals surface area (Å²) in [4.78, 5) is 24.2. The molecule has 1 N–H and O–H groups in total. The molecule has 0 saturated heterocycles. The van der Waals surface area contributed by atoms with Crippen molar-refractivity contribution >= 4 is 18.0 Å². The van der Waals surface area contributed by atoms with Crippen LogP contribution in [0, 0.1) is 0 Å². The molecule has 154 valence electrons. The quantitative estimate of drug-likeness (QED) is 0.486. The Labute approximate surface area is 171 Å². The van der Waals surface area contributed by atoms with Gasteiger partial charge in [0, 0.05) is 11.6 Å². The summed E-state index contributed by atoms with van der Waals surface area (Å²) in [7, 11) is 3.10. The van der Waals surface area contributed by atoms with E-state index in [2.05, 4.69) is 12.2 Å². The Hall–Kier alpha value is -3.28. The molecule has 2 aromatic rings. The van der Waals surface area contributed by atoms with Crippen molar-refractivity contribution in [2.75, 3.05) is 20.8 Å². The third kappa shape index (κ3) is 6.99. The van der Waals surface area contributed by atoms with Gasteiger partial charge in [0.25, 0.3) is 5.91 Å². The average Bonchev–Trinajstić information content (AvgIpc) is 2.76. The van der Waals surface area contributed by atoms with Crippen LogP contribution in [0.4, 0.5) is 0 Å². The summed E-state index contributed by atoms with van der Waals surface area (Å²) in [6, 6.07) is 14.9. The third-order valence-corrected chi connectivity index (χ3v) is 4.30. The van der Waals surface area contributed by atoms with Gasteiger partial charge in [0.05, 0.1) is 20.3 Å². The first kappa shape index (κ1) is 22.0. The number of methoxy groups -OCH3 is 2. The predicted molar refractivity (Wildman–Crippen MR) is 112 cm³/mol. The Bertz CT molecular complexity index is 832. The molecule has 0 aliphatic rings. The van der Waals surface area contributed by atoms with Crippen molar-refractivity contribution in [2.45, 2.75) is 25.8 Å². The van der Waals surface area contributed by atoms with Crippen molar-refractivity contribution in [2.24, 2.45) is 0 Å². The number of carbonyl (C=O) groups excluding carboxylic acids is 2. The molecule has 1 amide bonds. The molecule has 0 aliphatic heterocycles. The topological polar surface area (TPSA) is 73.9 Å². The molecule has 2 rings (SSSR count). The minimum atomic E-state index is -0.614. The first-order valence-corrected chi connectivity index (χ1v) is 9.48. The standard InChI is InChI=1S/C23H27NO5/c1-4-8-20(17-9-6-5-7-10-17)24-22(25)16-29-23(26)14-11-18-15-19(27-2)12-13-21(18)28-3/h5-7,9-15,20H,4,8,16H2,1-3H3,(H,24,25)/b14-11+/t20-/m1/s1. The van der Waals surface area contributed by atoms with Gasteiger partial charge >= 0.3 is 5.97 Å². The Morgan fingerprint density at radius 2 is 1.83 bits per heavy atom. The van der Waals surface area contributed by atoms with Crippen molar-refractivity contribution in [3.8, 4) is 11.5 Å². The van der Waals surface area contributed by atoms with Crippen LogP contribution >= 0.6 is 0 Å². The first-order chi connectivity index (χ1) is 14.1. The van der Waals surface area contributed by atoms with Crippen molar-refractivity contribution in [3.63, 3.8) is 0 Å². The van der Waals surface area contributed by atoms with Crippen molar-refractivity contribution < 1.29 is 23.8 Å². The van der Waals surface area contributed by atoms with Gasteiger partial charge in [0.2, 0.25) is 0 Å². The van der Waals surface area contributed by atoms with Crippen molar-refractivity contribution in [3.05, 3.63) is 65.7 Å². The van der Waals surface area contributed by atoms with Crippen LogP contribution in [0.3, 0.4) is 0 Å². The van der Waals surface area contributed by atoms with E-state index >= 15 is 0 Å². The number of benzene rings is 2. The number of rotatable bonds is 10. The molecule has 29 heavy (non-hydrogen) atoms. The minimum Gasteiger partial charge on any atom is -0.497 e. The summed E-state index contributed by atoms with van der Waals surface area (Å²) >= 11 is 0. The van der Waals surface area contributed by atoms with Crippen LogP contribution in [0.2, 0.25) is 0 Å². The molecule has 0 aliphatic carbocycles. The number of esters is 1. The van der Waals surface area contributed by atoms with Crippen molar-refractivity contribution in [1.82, 2.24) is 5.32 Å². The van der Waals surface area contributed by atoms with E-state index in [1.165, 1.54) is 6.08 Å². The molecule has 0 heterocycles. The van der Waals surface area contributed by atoms with Crippen LogP contribution in [0.15, 0.2) is 54.6 Å². The molecule has 0 bridgehead atoms. The fourth-order valence-corrected chi connectivity index (χ4v) is 2.84. The lowest BCUT2D eigenvalue weighted by Crippen LogP contribution is -2.32. The van der Waals surface area contributed by atoms with Gasteiger partial charge in [-0.2, -0.15) is 0 Å². The van der Waals surface area contributed by atoms with Crippen LogP contribution in [0.5, 0.6) is 11.5 Å². The molecular formula is C23H27NO5. The number of carbonyl (C=O) groups is 2. The Balaban J connectivity index is 1.91. The molecule has 6 heteroatoms. The second-order valence-electron chi connectivity index (χ2n) is 6.37. The lowest BCUT2D eigenvalue weighted by Gasteiger charge is -2.18. The maximum atomic E-state index is 12.2. The van der Waals surface area contributed by atoms with Crippen LogP contribution < -0.4 is 14.8 Å². The van der Waals surface area contributed by atoms with Gasteiger partial charge < -0.3 is 19.5 Å². The predicted octanol–water partition coefficient (Wildman–Crippen LogP) is 3.92. The van der Waals surface area contributed by atoms with Crippen LogP contribution in [0.1, 0.15) is 36.9 Å². The second kappa shape index (κ2) is 11.5. The molecule has 0 saturated carbocycles. The average molecular weight is 397 g/mol. The Morgan fingerprint density at radius 1 is 1.07 bits per heavy atom. The number of ether oxygens (including phenoxy) is 3. The largest absolute Gasteiger partial charge is 0.497 e. The minimum absolute atomic E-state index is 0.107. The highest BCUT2D eigenvalue weighted by molar-refractivity contribution is 5.89. The molecule has 0 spiro atoms. The van der Waals surface area contributed by atoms with Crippen LogP contribution in [-0.2, 0) is 14.3 Å². The smallest absolute Gasteiger partial charge is 0.331 e. The Kier molecular flexibility index (Phi) is 8.76. The summed E-state index contributed by atoms with van der Waals surface area (Å²) in [5, 5.41) is 2.92. The molecule has 1 atom stereocenters. The summed E-state index contributed by atoms with van der Waals surface area (Å²) < 4.78 is 15.5. The van der Waals surface area contributed by atoms with E-state index in [0.29, 0.717) is 17.1 Å². The molecule has 0 unspecified atom stereocenters. The zero-order valence-corrected chi connectivity index (χ0v) is 17.0. The van der Waals surface area contributed by atoms with Gasteiger partial charge in [-0.15, -0.1) is 0 Å². The number of amides is 1. The maximum absolute atomic E-state index is 12.2. The lowest BCUT2D eigenvalue weighted by molar-refractivity contribution is -0.144. The van der Waals surface area contributed by atoms with Crippen molar-refractivity contribution in [1.29, 1.82) is 0 Å². The highest BCUT2D eigenvalue weighted by atomic mass is 16.5. The van der Waals surface area contributed by atoms with E-state index in [9.17, 15) is 9.59 Å². The molecule has 0 fully saturated rings. The highest BCUT2D eigenvalue weighted by Crippen LogP contribution is 2.25. The molecule has 6 nitrogen and oxygen atoms in total. The molecular weight excluding hydrogens is 370 g/mol. The molecule has 0 aromatic heterocycles. The zero-order chi connectivity index (χ0) is 21.1. The zero-order valence-electron chi connectivity index (χ0n) is 17.0. The molecule has 2 aromatic carbocycles. The highest BCUT2D eigenvalue weighted by Gasteiger charge is 2.14. The fourth-order valence-electron chi connectivity index (χ4n) is 2.84. The SMILES string of the molecule is CCC[C@@H](NC(=O)COC(=O)/C=C/c1cc(OC)ccc1OC)c1ccccc1. The van der Waals surface area contributed by atoms with Gasteiger partial charge in [-0.3, -0.25) is 4.79 Å². The second-order valence-corrected chi connectivity index (χ2v) is 6.37. The Morgan fingerprint density at radius 3 is 2.48 bits per heavy atom. The number of nitrogens with one attached hydrogen (secondary N) is 1. The lowest BCUT2D eigenvalue weighted by atomic mass is 10.0. The first-order valence-electron chi connectivity index (χ1n) is 9.48. The van der Waals surface area contributed by atoms with E-state index in [-0.39, 0.29) is 18.6 Å². The van der Waals surface area contributed by atoms with Crippen LogP contribution in [0.25, 0.3) is 6.08 Å². The fraction of sp³-hybridized carbons (Fsp3) is 0.304. The maximum Gasteiger partial charge on any atom is 0.331 e. The summed E-state index contributed by atoms with van der Waals surface area (Å²) in [6.07, 6.45) is 4.54. The van der Waals surface area contributed by atoms with E-state index in [1.54, 1.807) is 38.5 Å².